The summed E-state index contributed by atoms with van der Waals surface area (Å²) in [4.78, 5) is 15.0. The smallest absolute Gasteiger partial charge is 0.262 e. The number of thiazole rings is 1. The molecule has 0 saturated heterocycles. The number of carbonyl (C=O) groups is 1. The van der Waals surface area contributed by atoms with Crippen LogP contribution in [0.1, 0.15) is 9.67 Å². The first kappa shape index (κ1) is 10.7. The molecule has 1 rings (SSSR count). The van der Waals surface area contributed by atoms with Gasteiger partial charge >= 0.3 is 0 Å². The van der Waals surface area contributed by atoms with Crippen molar-refractivity contribution in [2.24, 2.45) is 5.73 Å². The van der Waals surface area contributed by atoms with Crippen LogP contribution in [0.2, 0.25) is 0 Å². The van der Waals surface area contributed by atoms with Crippen molar-refractivity contribution in [3.8, 4) is 0 Å². The Morgan fingerprint density at radius 1 is 1.71 bits per heavy atom. The van der Waals surface area contributed by atoms with Gasteiger partial charge in [0.2, 0.25) is 0 Å². The van der Waals surface area contributed by atoms with E-state index in [0.717, 1.165) is 11.3 Å². The van der Waals surface area contributed by atoms with Crippen molar-refractivity contribution in [2.75, 3.05) is 31.3 Å². The zero-order chi connectivity index (χ0) is 10.6. The Kier molecular flexibility index (Phi) is 3.66. The lowest BCUT2D eigenvalue weighted by atomic mass is 10.5. The first-order valence-electron chi connectivity index (χ1n) is 3.94. The van der Waals surface area contributed by atoms with Gasteiger partial charge in [0.05, 0.1) is 6.61 Å². The number of nitrogen functional groups attached to an aromatic ring is 1. The second kappa shape index (κ2) is 4.77. The second-order valence-corrected chi connectivity index (χ2v) is 3.52. The molecule has 1 aromatic rings. The summed E-state index contributed by atoms with van der Waals surface area (Å²) < 4.78 is 4.84. The highest BCUT2D eigenvalue weighted by atomic mass is 32.1. The molecule has 0 spiro atoms. The molecule has 14 heavy (non-hydrogen) atoms. The van der Waals surface area contributed by atoms with Crippen LogP contribution in [0.15, 0.2) is 0 Å². The van der Waals surface area contributed by atoms with Crippen LogP contribution in [0, 0.1) is 0 Å². The van der Waals surface area contributed by atoms with Crippen molar-refractivity contribution in [2.45, 2.75) is 0 Å². The number of nitrogens with zero attached hydrogens (tertiary/aromatic N) is 1. The van der Waals surface area contributed by atoms with Gasteiger partial charge < -0.3 is 21.5 Å². The molecule has 0 saturated carbocycles. The van der Waals surface area contributed by atoms with Crippen molar-refractivity contribution in [3.05, 3.63) is 4.88 Å². The Bertz CT molecular complexity index is 325. The maximum Gasteiger partial charge on any atom is 0.262 e. The van der Waals surface area contributed by atoms with Crippen molar-refractivity contribution < 1.29 is 9.53 Å². The first-order valence-corrected chi connectivity index (χ1v) is 4.75. The predicted octanol–water partition coefficient (Wildman–Crippen LogP) is -0.117. The molecule has 1 aromatic heterocycles. The number of primary amides is 1. The summed E-state index contributed by atoms with van der Waals surface area (Å²) in [6.45, 7) is 1.17. The summed E-state index contributed by atoms with van der Waals surface area (Å²) in [5, 5.41) is 3.53. The summed E-state index contributed by atoms with van der Waals surface area (Å²) >= 11 is 1.14. The lowest BCUT2D eigenvalue weighted by Crippen LogP contribution is -2.10. The van der Waals surface area contributed by atoms with Crippen LogP contribution in [0.3, 0.4) is 0 Å². The highest BCUT2D eigenvalue weighted by Gasteiger charge is 2.12. The number of amides is 1. The Labute approximate surface area is 85.3 Å². The normalized spacial score (nSPS) is 10.1. The Balaban J connectivity index is 2.62. The van der Waals surface area contributed by atoms with E-state index >= 15 is 0 Å². The largest absolute Gasteiger partial charge is 0.383 e. The molecule has 0 bridgehead atoms. The Morgan fingerprint density at radius 3 is 2.93 bits per heavy atom. The SMILES string of the molecule is COCCNc1nc(N)c(C(N)=O)s1. The van der Waals surface area contributed by atoms with Crippen molar-refractivity contribution in [1.29, 1.82) is 0 Å². The number of hydrogen-bond donors (Lipinski definition) is 3. The standard InChI is InChI=1S/C7H12N4O2S/c1-13-3-2-10-7-11-5(8)4(14-7)6(9)12/h2-3,8H2,1H3,(H2,9,12)(H,10,11). The van der Waals surface area contributed by atoms with Gasteiger partial charge in [0.15, 0.2) is 5.13 Å². The lowest BCUT2D eigenvalue weighted by molar-refractivity contribution is 0.100. The van der Waals surface area contributed by atoms with E-state index in [9.17, 15) is 4.79 Å². The molecular formula is C7H12N4O2S. The van der Waals surface area contributed by atoms with Gasteiger partial charge in [-0.3, -0.25) is 4.79 Å². The fourth-order valence-electron chi connectivity index (χ4n) is 0.844. The van der Waals surface area contributed by atoms with Crippen molar-refractivity contribution in [1.82, 2.24) is 4.98 Å². The van der Waals surface area contributed by atoms with Gasteiger partial charge in [0.1, 0.15) is 10.7 Å². The molecule has 0 unspecified atom stereocenters. The lowest BCUT2D eigenvalue weighted by Gasteiger charge is -1.99. The summed E-state index contributed by atoms with van der Waals surface area (Å²) in [5.74, 6) is -0.387. The number of hydrogen-bond acceptors (Lipinski definition) is 6. The quantitative estimate of drug-likeness (QED) is 0.595. The molecule has 1 amide bonds. The van der Waals surface area contributed by atoms with Gasteiger partial charge in [-0.1, -0.05) is 11.3 Å². The number of methoxy groups -OCH3 is 1. The van der Waals surface area contributed by atoms with Crippen LogP contribution in [0.5, 0.6) is 0 Å². The van der Waals surface area contributed by atoms with Crippen LogP contribution in [0.25, 0.3) is 0 Å². The van der Waals surface area contributed by atoms with Gasteiger partial charge in [-0.15, -0.1) is 0 Å². The van der Waals surface area contributed by atoms with Crippen LogP contribution in [-0.4, -0.2) is 31.2 Å². The third kappa shape index (κ3) is 2.57. The van der Waals surface area contributed by atoms with E-state index in [1.165, 1.54) is 0 Å². The highest BCUT2D eigenvalue weighted by Crippen LogP contribution is 2.23. The minimum atomic E-state index is -0.556. The molecule has 0 aliphatic carbocycles. The van der Waals surface area contributed by atoms with Gasteiger partial charge in [0, 0.05) is 13.7 Å². The molecule has 0 fully saturated rings. The summed E-state index contributed by atoms with van der Waals surface area (Å²) in [7, 11) is 1.60. The molecular weight excluding hydrogens is 204 g/mol. The second-order valence-electron chi connectivity index (χ2n) is 2.52. The van der Waals surface area contributed by atoms with E-state index in [0.29, 0.717) is 18.3 Å². The van der Waals surface area contributed by atoms with E-state index in [1.807, 2.05) is 0 Å². The Hall–Kier alpha value is -1.34. The number of ether oxygens (including phenoxy) is 1. The number of nitrogens with two attached hydrogens (primary N) is 2. The predicted molar refractivity (Wildman–Crippen MR) is 55.4 cm³/mol. The van der Waals surface area contributed by atoms with Gasteiger partial charge in [-0.2, -0.15) is 0 Å². The molecule has 1 heterocycles. The average molecular weight is 216 g/mol. The van der Waals surface area contributed by atoms with E-state index in [-0.39, 0.29) is 10.7 Å². The maximum atomic E-state index is 10.8. The average Bonchev–Trinajstić information content (AvgIpc) is 2.47. The molecule has 7 heteroatoms. The van der Waals surface area contributed by atoms with Gasteiger partial charge in [-0.25, -0.2) is 4.98 Å². The molecule has 0 radical (unpaired) electrons. The van der Waals surface area contributed by atoms with E-state index in [4.69, 9.17) is 16.2 Å². The van der Waals surface area contributed by atoms with Crippen molar-refractivity contribution >= 4 is 28.2 Å². The van der Waals surface area contributed by atoms with Crippen LogP contribution < -0.4 is 16.8 Å². The summed E-state index contributed by atoms with van der Waals surface area (Å²) in [6.07, 6.45) is 0. The number of aromatic nitrogens is 1. The molecule has 0 aliphatic heterocycles. The fraction of sp³-hybridized carbons (Fsp3) is 0.429. The maximum absolute atomic E-state index is 10.8. The number of carbonyl (C=O) groups excluding carboxylic acids is 1. The molecule has 5 N–H and O–H groups in total. The topological polar surface area (TPSA) is 103 Å². The highest BCUT2D eigenvalue weighted by molar-refractivity contribution is 7.18. The van der Waals surface area contributed by atoms with Crippen molar-refractivity contribution in [3.63, 3.8) is 0 Å². The molecule has 0 aliphatic rings. The third-order valence-electron chi connectivity index (χ3n) is 1.46. The van der Waals surface area contributed by atoms with E-state index in [2.05, 4.69) is 10.3 Å². The summed E-state index contributed by atoms with van der Waals surface area (Å²) in [5.41, 5.74) is 10.6. The van der Waals surface area contributed by atoms with E-state index < -0.39 is 5.91 Å². The van der Waals surface area contributed by atoms with Crippen LogP contribution in [-0.2, 0) is 4.74 Å². The first-order chi connectivity index (χ1) is 6.65. The molecule has 0 atom stereocenters. The van der Waals surface area contributed by atoms with Crippen LogP contribution >= 0.6 is 11.3 Å². The number of rotatable bonds is 5. The van der Waals surface area contributed by atoms with Gasteiger partial charge in [-0.05, 0) is 0 Å². The molecule has 6 nitrogen and oxygen atoms in total. The minimum absolute atomic E-state index is 0.169. The zero-order valence-electron chi connectivity index (χ0n) is 7.74. The van der Waals surface area contributed by atoms with Gasteiger partial charge in [0.25, 0.3) is 5.91 Å². The fourth-order valence-corrected chi connectivity index (χ4v) is 1.61. The van der Waals surface area contributed by atoms with E-state index in [1.54, 1.807) is 7.11 Å². The van der Waals surface area contributed by atoms with Crippen LogP contribution in [0.4, 0.5) is 10.9 Å². The Morgan fingerprint density at radius 2 is 2.43 bits per heavy atom. The molecule has 78 valence electrons. The monoisotopic (exact) mass is 216 g/mol. The number of nitrogens with one attached hydrogen (secondary N) is 1. The third-order valence-corrected chi connectivity index (χ3v) is 2.50. The molecule has 0 aromatic carbocycles. The zero-order valence-corrected chi connectivity index (χ0v) is 8.56. The summed E-state index contributed by atoms with van der Waals surface area (Å²) in [6, 6.07) is 0. The number of anilines is 2. The minimum Gasteiger partial charge on any atom is -0.383 e.